The molecule has 1 aromatic carbocycles. The van der Waals surface area contributed by atoms with Gasteiger partial charge in [0.25, 0.3) is 0 Å². The molecule has 1 aromatic rings. The number of likely N-dealkylation sites (tertiary alicyclic amines) is 1. The summed E-state index contributed by atoms with van der Waals surface area (Å²) < 4.78 is 24.2. The van der Waals surface area contributed by atoms with E-state index in [0.717, 1.165) is 38.7 Å². The lowest BCUT2D eigenvalue weighted by atomic mass is 9.95. The average Bonchev–Trinajstić information content (AvgIpc) is 2.52. The number of nitrogens with one attached hydrogen (secondary N) is 2. The molecule has 0 spiro atoms. The van der Waals surface area contributed by atoms with Crippen LogP contribution in [-0.2, 0) is 21.4 Å². The largest absolute Gasteiger partial charge is 0.355 e. The van der Waals surface area contributed by atoms with E-state index in [1.54, 1.807) is 0 Å². The van der Waals surface area contributed by atoms with Gasteiger partial charge in [-0.2, -0.15) is 0 Å². The highest BCUT2D eigenvalue weighted by molar-refractivity contribution is 7.88. The van der Waals surface area contributed by atoms with Crippen LogP contribution in [0.25, 0.3) is 0 Å². The Bertz CT molecular complexity index is 596. The Kier molecular flexibility index (Phi) is 6.56. The molecule has 2 N–H and O–H groups in total. The first kappa shape index (κ1) is 17.9. The van der Waals surface area contributed by atoms with Crippen LogP contribution in [0.5, 0.6) is 0 Å². The number of nitrogens with zero attached hydrogens (tertiary/aromatic N) is 1. The minimum absolute atomic E-state index is 0.0275. The number of benzene rings is 1. The molecule has 1 saturated heterocycles. The van der Waals surface area contributed by atoms with E-state index in [4.69, 9.17) is 0 Å². The van der Waals surface area contributed by atoms with E-state index in [1.165, 1.54) is 5.56 Å². The van der Waals surface area contributed by atoms with Crippen molar-refractivity contribution in [3.8, 4) is 0 Å². The lowest BCUT2D eigenvalue weighted by Gasteiger charge is -2.31. The third-order valence-electron chi connectivity index (χ3n) is 4.00. The molecular weight excluding hydrogens is 314 g/mol. The van der Waals surface area contributed by atoms with E-state index in [9.17, 15) is 13.2 Å². The van der Waals surface area contributed by atoms with Crippen molar-refractivity contribution in [2.24, 2.45) is 5.92 Å². The molecule has 1 fully saturated rings. The number of amides is 1. The third kappa shape index (κ3) is 6.68. The minimum atomic E-state index is -3.19. The second kappa shape index (κ2) is 8.42. The van der Waals surface area contributed by atoms with Crippen LogP contribution in [0.4, 0.5) is 0 Å². The number of hydrogen-bond donors (Lipinski definition) is 2. The first-order valence-corrected chi connectivity index (χ1v) is 9.82. The Morgan fingerprint density at radius 3 is 2.43 bits per heavy atom. The molecule has 128 valence electrons. The van der Waals surface area contributed by atoms with Gasteiger partial charge in [0.2, 0.25) is 15.9 Å². The topological polar surface area (TPSA) is 78.5 Å². The van der Waals surface area contributed by atoms with Crippen LogP contribution in [0.2, 0.25) is 0 Å². The predicted molar refractivity (Wildman–Crippen MR) is 90.3 cm³/mol. The SMILES string of the molecule is CS(=O)(=O)NCCNC(=O)C1CCN(Cc2ccccc2)CC1. The Morgan fingerprint density at radius 2 is 1.83 bits per heavy atom. The summed E-state index contributed by atoms with van der Waals surface area (Å²) in [7, 11) is -3.19. The van der Waals surface area contributed by atoms with Gasteiger partial charge in [0.1, 0.15) is 0 Å². The van der Waals surface area contributed by atoms with Crippen LogP contribution in [0, 0.1) is 5.92 Å². The van der Waals surface area contributed by atoms with Crippen LogP contribution in [0.3, 0.4) is 0 Å². The highest BCUT2D eigenvalue weighted by Crippen LogP contribution is 2.19. The van der Waals surface area contributed by atoms with Crippen LogP contribution >= 0.6 is 0 Å². The van der Waals surface area contributed by atoms with E-state index in [-0.39, 0.29) is 18.4 Å². The first-order valence-electron chi connectivity index (χ1n) is 7.93. The van der Waals surface area contributed by atoms with Crippen LogP contribution in [-0.4, -0.2) is 51.7 Å². The second-order valence-corrected chi connectivity index (χ2v) is 7.83. The summed E-state index contributed by atoms with van der Waals surface area (Å²) in [4.78, 5) is 14.4. The number of piperidine rings is 1. The summed E-state index contributed by atoms with van der Waals surface area (Å²) in [5, 5.41) is 2.81. The van der Waals surface area contributed by atoms with Gasteiger partial charge in [-0.15, -0.1) is 0 Å². The van der Waals surface area contributed by atoms with E-state index in [1.807, 2.05) is 18.2 Å². The van der Waals surface area contributed by atoms with Gasteiger partial charge in [0.05, 0.1) is 6.26 Å². The van der Waals surface area contributed by atoms with E-state index < -0.39 is 10.0 Å². The molecule has 7 heteroatoms. The molecule has 0 aliphatic carbocycles. The maximum Gasteiger partial charge on any atom is 0.223 e. The summed E-state index contributed by atoms with van der Waals surface area (Å²) in [6, 6.07) is 10.3. The molecule has 0 radical (unpaired) electrons. The third-order valence-corrected chi connectivity index (χ3v) is 4.72. The monoisotopic (exact) mass is 339 g/mol. The fourth-order valence-corrected chi connectivity index (χ4v) is 3.23. The zero-order chi connectivity index (χ0) is 16.7. The summed E-state index contributed by atoms with van der Waals surface area (Å²) in [5.41, 5.74) is 1.29. The molecule has 1 heterocycles. The Labute approximate surface area is 138 Å². The van der Waals surface area contributed by atoms with Gasteiger partial charge < -0.3 is 5.32 Å². The van der Waals surface area contributed by atoms with Gasteiger partial charge in [0, 0.05) is 25.6 Å². The van der Waals surface area contributed by atoms with Crippen molar-refractivity contribution in [3.05, 3.63) is 35.9 Å². The van der Waals surface area contributed by atoms with Crippen LogP contribution < -0.4 is 10.0 Å². The lowest BCUT2D eigenvalue weighted by molar-refractivity contribution is -0.126. The van der Waals surface area contributed by atoms with Gasteiger partial charge in [-0.3, -0.25) is 9.69 Å². The summed E-state index contributed by atoms with van der Waals surface area (Å²) in [6.07, 6.45) is 2.80. The first-order chi connectivity index (χ1) is 10.9. The summed E-state index contributed by atoms with van der Waals surface area (Å²) in [5.74, 6) is 0.0555. The minimum Gasteiger partial charge on any atom is -0.355 e. The molecule has 1 amide bonds. The Morgan fingerprint density at radius 1 is 1.17 bits per heavy atom. The van der Waals surface area contributed by atoms with E-state index in [0.29, 0.717) is 6.54 Å². The number of carbonyl (C=O) groups is 1. The molecule has 0 aromatic heterocycles. The van der Waals surface area contributed by atoms with Crippen molar-refractivity contribution in [3.63, 3.8) is 0 Å². The number of rotatable bonds is 7. The van der Waals surface area contributed by atoms with Crippen molar-refractivity contribution >= 4 is 15.9 Å². The predicted octanol–water partition coefficient (Wildman–Crippen LogP) is 0.564. The molecule has 0 atom stereocenters. The molecule has 1 aliphatic heterocycles. The molecule has 0 saturated carbocycles. The van der Waals surface area contributed by atoms with Crippen molar-refractivity contribution in [1.29, 1.82) is 0 Å². The zero-order valence-corrected chi connectivity index (χ0v) is 14.3. The maximum absolute atomic E-state index is 12.1. The van der Waals surface area contributed by atoms with Crippen LogP contribution in [0.15, 0.2) is 30.3 Å². The molecule has 0 bridgehead atoms. The maximum atomic E-state index is 12.1. The molecule has 1 aliphatic rings. The van der Waals surface area contributed by atoms with Gasteiger partial charge in [-0.05, 0) is 31.5 Å². The highest BCUT2D eigenvalue weighted by Gasteiger charge is 2.24. The standard InChI is InChI=1S/C16H25N3O3S/c1-23(21,22)18-10-9-17-16(20)15-7-11-19(12-8-15)13-14-5-3-2-4-6-14/h2-6,15,18H,7-13H2,1H3,(H,17,20). The summed E-state index contributed by atoms with van der Waals surface area (Å²) in [6.45, 7) is 3.31. The molecular formula is C16H25N3O3S. The Balaban J connectivity index is 1.66. The average molecular weight is 339 g/mol. The van der Waals surface area contributed by atoms with Crippen LogP contribution in [0.1, 0.15) is 18.4 Å². The van der Waals surface area contributed by atoms with Gasteiger partial charge in [0.15, 0.2) is 0 Å². The zero-order valence-electron chi connectivity index (χ0n) is 13.5. The smallest absolute Gasteiger partial charge is 0.223 e. The molecule has 0 unspecified atom stereocenters. The van der Waals surface area contributed by atoms with E-state index >= 15 is 0 Å². The number of hydrogen-bond acceptors (Lipinski definition) is 4. The van der Waals surface area contributed by atoms with Gasteiger partial charge in [-0.1, -0.05) is 30.3 Å². The molecule has 6 nitrogen and oxygen atoms in total. The van der Waals surface area contributed by atoms with Gasteiger partial charge >= 0.3 is 0 Å². The van der Waals surface area contributed by atoms with Gasteiger partial charge in [-0.25, -0.2) is 13.1 Å². The summed E-state index contributed by atoms with van der Waals surface area (Å²) >= 11 is 0. The number of sulfonamides is 1. The van der Waals surface area contributed by atoms with Crippen molar-refractivity contribution < 1.29 is 13.2 Å². The van der Waals surface area contributed by atoms with Crippen molar-refractivity contribution in [1.82, 2.24) is 14.9 Å². The fourth-order valence-electron chi connectivity index (χ4n) is 2.76. The lowest BCUT2D eigenvalue weighted by Crippen LogP contribution is -2.42. The number of carbonyl (C=O) groups excluding carboxylic acids is 1. The second-order valence-electron chi connectivity index (χ2n) is 5.99. The fraction of sp³-hybridized carbons (Fsp3) is 0.562. The normalized spacial score (nSPS) is 17.1. The quantitative estimate of drug-likeness (QED) is 0.712. The Hall–Kier alpha value is -1.44. The van der Waals surface area contributed by atoms with Crippen molar-refractivity contribution in [2.75, 3.05) is 32.4 Å². The highest BCUT2D eigenvalue weighted by atomic mass is 32.2. The van der Waals surface area contributed by atoms with E-state index in [2.05, 4.69) is 27.1 Å². The molecule has 23 heavy (non-hydrogen) atoms. The molecule has 2 rings (SSSR count). The van der Waals surface area contributed by atoms with Crippen molar-refractivity contribution in [2.45, 2.75) is 19.4 Å².